The van der Waals surface area contributed by atoms with Crippen LogP contribution < -0.4 is 5.32 Å². The fourth-order valence-electron chi connectivity index (χ4n) is 3.48. The van der Waals surface area contributed by atoms with Gasteiger partial charge in [-0.1, -0.05) is 12.1 Å². The van der Waals surface area contributed by atoms with Crippen molar-refractivity contribution in [3.05, 3.63) is 42.9 Å². The Balaban J connectivity index is 1.49. The molecule has 0 spiro atoms. The van der Waals surface area contributed by atoms with Gasteiger partial charge in [0, 0.05) is 49.3 Å². The molecular weight excluding hydrogens is 342 g/mol. The first-order valence-electron chi connectivity index (χ1n) is 9.05. The van der Waals surface area contributed by atoms with Crippen molar-refractivity contribution in [2.45, 2.75) is 19.8 Å². The molecular formula is C20H21N5O2. The minimum absolute atomic E-state index is 0.0314. The van der Waals surface area contributed by atoms with Crippen molar-refractivity contribution < 1.29 is 9.59 Å². The smallest absolute Gasteiger partial charge is 0.228 e. The van der Waals surface area contributed by atoms with Crippen molar-refractivity contribution in [2.24, 2.45) is 5.92 Å². The molecule has 2 N–H and O–H groups in total. The number of likely N-dealkylation sites (tertiary alicyclic amines) is 1. The molecule has 0 unspecified atom stereocenters. The average molecular weight is 363 g/mol. The molecule has 3 aromatic rings. The van der Waals surface area contributed by atoms with E-state index in [1.165, 1.54) is 0 Å². The second-order valence-corrected chi connectivity index (χ2v) is 6.89. The summed E-state index contributed by atoms with van der Waals surface area (Å²) >= 11 is 0. The van der Waals surface area contributed by atoms with Crippen LogP contribution in [0, 0.1) is 5.92 Å². The van der Waals surface area contributed by atoms with Crippen molar-refractivity contribution >= 4 is 28.4 Å². The van der Waals surface area contributed by atoms with E-state index in [0.29, 0.717) is 31.7 Å². The first-order chi connectivity index (χ1) is 13.1. The molecule has 1 fully saturated rings. The van der Waals surface area contributed by atoms with Crippen LogP contribution in [-0.2, 0) is 9.59 Å². The lowest BCUT2D eigenvalue weighted by molar-refractivity contribution is -0.132. The normalized spacial score (nSPS) is 15.1. The summed E-state index contributed by atoms with van der Waals surface area (Å²) in [5, 5.41) is 11.7. The Kier molecular flexibility index (Phi) is 4.58. The van der Waals surface area contributed by atoms with Crippen LogP contribution in [0.4, 0.5) is 5.82 Å². The molecule has 0 radical (unpaired) electrons. The van der Waals surface area contributed by atoms with Gasteiger partial charge in [0.05, 0.1) is 6.20 Å². The van der Waals surface area contributed by atoms with Gasteiger partial charge in [0.25, 0.3) is 0 Å². The molecule has 2 amide bonds. The first kappa shape index (κ1) is 17.2. The van der Waals surface area contributed by atoms with E-state index in [2.05, 4.69) is 26.6 Å². The zero-order valence-corrected chi connectivity index (χ0v) is 15.1. The molecule has 1 saturated heterocycles. The molecule has 7 heteroatoms. The lowest BCUT2D eigenvalue weighted by Crippen LogP contribution is -2.40. The third-order valence-electron chi connectivity index (χ3n) is 5.12. The van der Waals surface area contributed by atoms with Gasteiger partial charge in [-0.3, -0.25) is 14.7 Å². The Morgan fingerprint density at radius 2 is 1.93 bits per heavy atom. The molecule has 138 valence electrons. The van der Waals surface area contributed by atoms with E-state index in [1.54, 1.807) is 24.2 Å². The number of hydrogen-bond acceptors (Lipinski definition) is 4. The SMILES string of the molecule is CC(=O)N1CCC(C(=O)Nc2cc3cc(-c4cn[nH]c4)ccc3cn2)CC1. The van der Waals surface area contributed by atoms with E-state index in [1.807, 2.05) is 24.4 Å². The molecule has 1 aromatic carbocycles. The highest BCUT2D eigenvalue weighted by molar-refractivity contribution is 5.95. The molecule has 4 rings (SSSR count). The van der Waals surface area contributed by atoms with Crippen molar-refractivity contribution in [2.75, 3.05) is 18.4 Å². The number of benzene rings is 1. The maximum absolute atomic E-state index is 12.6. The Morgan fingerprint density at radius 3 is 2.63 bits per heavy atom. The van der Waals surface area contributed by atoms with Gasteiger partial charge in [0.1, 0.15) is 5.82 Å². The molecule has 0 atom stereocenters. The van der Waals surface area contributed by atoms with Crippen LogP contribution >= 0.6 is 0 Å². The van der Waals surface area contributed by atoms with E-state index in [-0.39, 0.29) is 17.7 Å². The number of fused-ring (bicyclic) bond motifs is 1. The summed E-state index contributed by atoms with van der Waals surface area (Å²) in [6.45, 7) is 2.83. The van der Waals surface area contributed by atoms with E-state index in [4.69, 9.17) is 0 Å². The van der Waals surface area contributed by atoms with Crippen LogP contribution in [0.3, 0.4) is 0 Å². The van der Waals surface area contributed by atoms with E-state index in [9.17, 15) is 9.59 Å². The number of carbonyl (C=O) groups is 2. The minimum Gasteiger partial charge on any atom is -0.343 e. The highest BCUT2D eigenvalue weighted by Gasteiger charge is 2.26. The number of rotatable bonds is 3. The molecule has 3 heterocycles. The van der Waals surface area contributed by atoms with Gasteiger partial charge >= 0.3 is 0 Å². The number of hydrogen-bond donors (Lipinski definition) is 2. The van der Waals surface area contributed by atoms with Gasteiger partial charge in [-0.15, -0.1) is 0 Å². The lowest BCUT2D eigenvalue weighted by Gasteiger charge is -2.30. The Morgan fingerprint density at radius 1 is 1.11 bits per heavy atom. The lowest BCUT2D eigenvalue weighted by atomic mass is 9.96. The molecule has 1 aliphatic heterocycles. The summed E-state index contributed by atoms with van der Waals surface area (Å²) in [4.78, 5) is 30.1. The number of amides is 2. The third kappa shape index (κ3) is 3.67. The van der Waals surface area contributed by atoms with Crippen LogP contribution in [0.25, 0.3) is 21.9 Å². The van der Waals surface area contributed by atoms with Crippen molar-refractivity contribution in [1.29, 1.82) is 0 Å². The topological polar surface area (TPSA) is 91.0 Å². The molecule has 0 saturated carbocycles. The van der Waals surface area contributed by atoms with Crippen LogP contribution in [0.15, 0.2) is 42.9 Å². The summed E-state index contributed by atoms with van der Waals surface area (Å²) in [5.41, 5.74) is 2.06. The Hall–Kier alpha value is -3.22. The number of piperidine rings is 1. The fourth-order valence-corrected chi connectivity index (χ4v) is 3.48. The monoisotopic (exact) mass is 363 g/mol. The summed E-state index contributed by atoms with van der Waals surface area (Å²) in [5.74, 6) is 0.496. The third-order valence-corrected chi connectivity index (χ3v) is 5.12. The van der Waals surface area contributed by atoms with Gasteiger partial charge in [-0.2, -0.15) is 5.10 Å². The number of pyridine rings is 1. The molecule has 1 aliphatic rings. The van der Waals surface area contributed by atoms with Gasteiger partial charge < -0.3 is 10.2 Å². The maximum Gasteiger partial charge on any atom is 0.228 e. The van der Waals surface area contributed by atoms with E-state index < -0.39 is 0 Å². The van der Waals surface area contributed by atoms with Crippen molar-refractivity contribution in [3.63, 3.8) is 0 Å². The zero-order chi connectivity index (χ0) is 18.8. The largest absolute Gasteiger partial charge is 0.343 e. The number of H-pyrrole nitrogens is 1. The highest BCUT2D eigenvalue weighted by atomic mass is 16.2. The molecule has 2 aromatic heterocycles. The predicted molar refractivity (Wildman–Crippen MR) is 103 cm³/mol. The van der Waals surface area contributed by atoms with Crippen LogP contribution in [0.5, 0.6) is 0 Å². The quantitative estimate of drug-likeness (QED) is 0.749. The number of aromatic amines is 1. The minimum atomic E-state index is -0.0876. The fraction of sp³-hybridized carbons (Fsp3) is 0.300. The molecule has 0 bridgehead atoms. The van der Waals surface area contributed by atoms with Crippen molar-refractivity contribution in [3.8, 4) is 11.1 Å². The maximum atomic E-state index is 12.6. The first-order valence-corrected chi connectivity index (χ1v) is 9.05. The molecule has 27 heavy (non-hydrogen) atoms. The second-order valence-electron chi connectivity index (χ2n) is 6.89. The summed E-state index contributed by atoms with van der Waals surface area (Å²) in [7, 11) is 0. The number of aromatic nitrogens is 3. The van der Waals surface area contributed by atoms with Crippen molar-refractivity contribution in [1.82, 2.24) is 20.1 Å². The van der Waals surface area contributed by atoms with E-state index in [0.717, 1.165) is 21.9 Å². The summed E-state index contributed by atoms with van der Waals surface area (Å²) < 4.78 is 0. The average Bonchev–Trinajstić information content (AvgIpc) is 3.22. The number of nitrogens with zero attached hydrogens (tertiary/aromatic N) is 3. The molecule has 7 nitrogen and oxygen atoms in total. The summed E-state index contributed by atoms with van der Waals surface area (Å²) in [6.07, 6.45) is 6.76. The molecule has 0 aliphatic carbocycles. The number of nitrogens with one attached hydrogen (secondary N) is 2. The Labute approximate surface area is 156 Å². The predicted octanol–water partition coefficient (Wildman–Crippen LogP) is 2.82. The van der Waals surface area contributed by atoms with Crippen LogP contribution in [-0.4, -0.2) is 45.0 Å². The number of carbonyl (C=O) groups excluding carboxylic acids is 2. The Bertz CT molecular complexity index is 975. The van der Waals surface area contributed by atoms with Gasteiger partial charge in [-0.25, -0.2) is 4.98 Å². The summed E-state index contributed by atoms with van der Waals surface area (Å²) in [6, 6.07) is 7.98. The highest BCUT2D eigenvalue weighted by Crippen LogP contribution is 2.25. The van der Waals surface area contributed by atoms with Gasteiger partial charge in [0.15, 0.2) is 0 Å². The van der Waals surface area contributed by atoms with Gasteiger partial charge in [0.2, 0.25) is 11.8 Å². The second kappa shape index (κ2) is 7.19. The zero-order valence-electron chi connectivity index (χ0n) is 15.1. The standard InChI is InChI=1S/C20H21N5O2/c1-13(26)25-6-4-14(5-7-25)20(27)24-19-9-17-8-15(18-11-22-23-12-18)2-3-16(17)10-21-19/h2-3,8-12,14H,4-7H2,1H3,(H,22,23)(H,21,24,27). The van der Waals surface area contributed by atoms with Crippen LogP contribution in [0.1, 0.15) is 19.8 Å². The number of anilines is 1. The van der Waals surface area contributed by atoms with E-state index >= 15 is 0 Å². The van der Waals surface area contributed by atoms with Crippen LogP contribution in [0.2, 0.25) is 0 Å². The van der Waals surface area contributed by atoms with Gasteiger partial charge in [-0.05, 0) is 35.9 Å².